The Morgan fingerprint density at radius 2 is 1.88 bits per heavy atom. The largest absolute Gasteiger partial charge is 0.459 e. The number of sulfonamides is 1. The first-order chi connectivity index (χ1) is 12.1. The van der Waals surface area contributed by atoms with Gasteiger partial charge in [0.05, 0.1) is 11.2 Å². The smallest absolute Gasteiger partial charge is 0.287 e. The molecule has 0 bridgehead atoms. The molecular weight excluding hydrogens is 358 g/mol. The molecule has 1 aromatic heterocycles. The van der Waals surface area contributed by atoms with Crippen molar-refractivity contribution in [3.8, 4) is 0 Å². The van der Waals surface area contributed by atoms with E-state index in [1.165, 1.54) is 18.4 Å². The number of carbonyl (C=O) groups excluding carboxylic acids is 2. The van der Waals surface area contributed by atoms with Crippen molar-refractivity contribution in [3.63, 3.8) is 0 Å². The van der Waals surface area contributed by atoms with Crippen LogP contribution in [0.25, 0.3) is 0 Å². The van der Waals surface area contributed by atoms with Crippen LogP contribution in [0, 0.1) is 12.8 Å². The van der Waals surface area contributed by atoms with Crippen molar-refractivity contribution in [3.05, 3.63) is 47.9 Å². The number of anilines is 1. The van der Waals surface area contributed by atoms with E-state index in [2.05, 4.69) is 10.6 Å². The number of aryl methyl sites for hydroxylation is 1. The van der Waals surface area contributed by atoms with Crippen LogP contribution in [0.3, 0.4) is 0 Å². The number of amides is 2. The molecule has 9 heteroatoms. The van der Waals surface area contributed by atoms with E-state index < -0.39 is 27.9 Å². The molecule has 1 heterocycles. The van der Waals surface area contributed by atoms with Gasteiger partial charge in [-0.25, -0.2) is 13.6 Å². The van der Waals surface area contributed by atoms with Gasteiger partial charge in [-0.05, 0) is 42.7 Å². The van der Waals surface area contributed by atoms with Crippen molar-refractivity contribution in [2.75, 3.05) is 5.32 Å². The average Bonchev–Trinajstić information content (AvgIpc) is 3.07. The minimum absolute atomic E-state index is 0.0731. The van der Waals surface area contributed by atoms with Crippen LogP contribution in [0.1, 0.15) is 30.0 Å². The summed E-state index contributed by atoms with van der Waals surface area (Å²) in [5, 5.41) is 10.4. The van der Waals surface area contributed by atoms with Gasteiger partial charge in [0.1, 0.15) is 6.04 Å². The fourth-order valence-corrected chi connectivity index (χ4v) is 3.17. The van der Waals surface area contributed by atoms with Gasteiger partial charge in [0, 0.05) is 5.69 Å². The Hall–Kier alpha value is -2.65. The summed E-state index contributed by atoms with van der Waals surface area (Å²) in [5.41, 5.74) is 0.736. The highest BCUT2D eigenvalue weighted by atomic mass is 32.2. The van der Waals surface area contributed by atoms with Crippen molar-refractivity contribution in [2.45, 2.75) is 31.7 Å². The molecule has 140 valence electrons. The minimum atomic E-state index is -3.91. The molecule has 1 atom stereocenters. The summed E-state index contributed by atoms with van der Waals surface area (Å²) >= 11 is 0. The predicted molar refractivity (Wildman–Crippen MR) is 96.0 cm³/mol. The van der Waals surface area contributed by atoms with Crippen LogP contribution >= 0.6 is 0 Å². The Labute approximate surface area is 151 Å². The van der Waals surface area contributed by atoms with E-state index >= 15 is 0 Å². The summed E-state index contributed by atoms with van der Waals surface area (Å²) in [6.45, 7) is 5.15. The van der Waals surface area contributed by atoms with E-state index in [1.54, 1.807) is 39.0 Å². The number of benzene rings is 1. The van der Waals surface area contributed by atoms with Crippen molar-refractivity contribution in [2.24, 2.45) is 11.1 Å². The Morgan fingerprint density at radius 1 is 1.19 bits per heavy atom. The maximum Gasteiger partial charge on any atom is 0.287 e. The third-order valence-electron chi connectivity index (χ3n) is 3.74. The van der Waals surface area contributed by atoms with E-state index in [-0.39, 0.29) is 22.3 Å². The van der Waals surface area contributed by atoms with Gasteiger partial charge in [0.2, 0.25) is 15.9 Å². The number of nitrogens with two attached hydrogens (primary N) is 1. The molecule has 8 nitrogen and oxygen atoms in total. The van der Waals surface area contributed by atoms with Crippen LogP contribution in [0.2, 0.25) is 0 Å². The Morgan fingerprint density at radius 3 is 2.42 bits per heavy atom. The fourth-order valence-electron chi connectivity index (χ4n) is 2.36. The first-order valence-electron chi connectivity index (χ1n) is 7.88. The van der Waals surface area contributed by atoms with Crippen molar-refractivity contribution < 1.29 is 22.4 Å². The van der Waals surface area contributed by atoms with Crippen LogP contribution < -0.4 is 15.8 Å². The summed E-state index contributed by atoms with van der Waals surface area (Å²) in [5.74, 6) is -1.12. The molecule has 2 rings (SSSR count). The zero-order valence-electron chi connectivity index (χ0n) is 14.6. The molecule has 0 aliphatic carbocycles. The Bertz CT molecular complexity index is 904. The summed E-state index contributed by atoms with van der Waals surface area (Å²) in [4.78, 5) is 24.6. The van der Waals surface area contributed by atoms with Crippen LogP contribution in [-0.4, -0.2) is 26.3 Å². The van der Waals surface area contributed by atoms with E-state index in [9.17, 15) is 18.0 Å². The number of furan rings is 1. The lowest BCUT2D eigenvalue weighted by Crippen LogP contribution is -2.47. The Kier molecular flexibility index (Phi) is 5.83. The summed E-state index contributed by atoms with van der Waals surface area (Å²) in [6.07, 6.45) is 1.36. The zero-order chi connectivity index (χ0) is 19.5. The fraction of sp³-hybridized carbons (Fsp3) is 0.294. The highest BCUT2D eigenvalue weighted by molar-refractivity contribution is 7.89. The maximum absolute atomic E-state index is 12.6. The number of hydrogen-bond acceptors (Lipinski definition) is 5. The maximum atomic E-state index is 12.6. The lowest BCUT2D eigenvalue weighted by atomic mass is 10.0. The molecule has 0 saturated carbocycles. The monoisotopic (exact) mass is 379 g/mol. The number of nitrogens with one attached hydrogen (secondary N) is 2. The molecule has 0 fully saturated rings. The molecule has 2 aromatic rings. The van der Waals surface area contributed by atoms with Gasteiger partial charge < -0.3 is 15.1 Å². The molecule has 1 unspecified atom stereocenters. The second-order valence-electron chi connectivity index (χ2n) is 6.19. The number of primary sulfonamides is 1. The van der Waals surface area contributed by atoms with Crippen molar-refractivity contribution in [1.29, 1.82) is 0 Å². The first-order valence-corrected chi connectivity index (χ1v) is 9.43. The van der Waals surface area contributed by atoms with Crippen LogP contribution in [0.4, 0.5) is 5.69 Å². The third kappa shape index (κ3) is 4.70. The second-order valence-corrected chi connectivity index (χ2v) is 7.72. The molecular formula is C17H21N3O5S. The number of hydrogen-bond donors (Lipinski definition) is 3. The van der Waals surface area contributed by atoms with E-state index in [1.807, 2.05) is 0 Å². The van der Waals surface area contributed by atoms with Gasteiger partial charge in [-0.2, -0.15) is 0 Å². The SMILES string of the molecule is Cc1ccc(NC(=O)C(NC(=O)c2ccco2)C(C)C)cc1S(N)(=O)=O. The molecule has 0 radical (unpaired) electrons. The van der Waals surface area contributed by atoms with Crippen LogP contribution in [0.5, 0.6) is 0 Å². The summed E-state index contributed by atoms with van der Waals surface area (Å²) < 4.78 is 28.2. The normalized spacial score (nSPS) is 12.7. The summed E-state index contributed by atoms with van der Waals surface area (Å²) in [7, 11) is -3.91. The van der Waals surface area contributed by atoms with Gasteiger partial charge in [0.15, 0.2) is 5.76 Å². The third-order valence-corrected chi connectivity index (χ3v) is 4.80. The van der Waals surface area contributed by atoms with E-state index in [4.69, 9.17) is 9.56 Å². The lowest BCUT2D eigenvalue weighted by Gasteiger charge is -2.21. The molecule has 0 spiro atoms. The molecule has 4 N–H and O–H groups in total. The van der Waals surface area contributed by atoms with Gasteiger partial charge >= 0.3 is 0 Å². The molecule has 0 saturated heterocycles. The second kappa shape index (κ2) is 7.71. The molecule has 0 aliphatic rings. The van der Waals surface area contributed by atoms with Crippen molar-refractivity contribution in [1.82, 2.24) is 5.32 Å². The van der Waals surface area contributed by atoms with Crippen LogP contribution in [-0.2, 0) is 14.8 Å². The Balaban J connectivity index is 2.19. The minimum Gasteiger partial charge on any atom is -0.459 e. The van der Waals surface area contributed by atoms with Gasteiger partial charge in [0.25, 0.3) is 5.91 Å². The lowest BCUT2D eigenvalue weighted by molar-refractivity contribution is -0.118. The zero-order valence-corrected chi connectivity index (χ0v) is 15.5. The average molecular weight is 379 g/mol. The predicted octanol–water partition coefficient (Wildman–Crippen LogP) is 1.63. The molecule has 0 aliphatic heterocycles. The van der Waals surface area contributed by atoms with Crippen molar-refractivity contribution >= 4 is 27.5 Å². The standard InChI is InChI=1S/C17H21N3O5S/c1-10(2)15(20-16(21)13-5-4-8-25-13)17(22)19-12-7-6-11(3)14(9-12)26(18,23)24/h4-10,15H,1-3H3,(H,19,22)(H,20,21)(H2,18,23,24). The van der Waals surface area contributed by atoms with Gasteiger partial charge in [-0.1, -0.05) is 19.9 Å². The van der Waals surface area contributed by atoms with E-state index in [0.717, 1.165) is 0 Å². The van der Waals surface area contributed by atoms with Gasteiger partial charge in [-0.3, -0.25) is 9.59 Å². The highest BCUT2D eigenvalue weighted by Gasteiger charge is 2.26. The number of rotatable bonds is 6. The first kappa shape index (κ1) is 19.7. The molecule has 26 heavy (non-hydrogen) atoms. The highest BCUT2D eigenvalue weighted by Crippen LogP contribution is 2.19. The van der Waals surface area contributed by atoms with E-state index in [0.29, 0.717) is 5.56 Å². The number of carbonyl (C=O) groups is 2. The summed E-state index contributed by atoms with van der Waals surface area (Å²) in [6, 6.07) is 6.61. The molecule has 2 amide bonds. The molecule has 1 aromatic carbocycles. The van der Waals surface area contributed by atoms with Crippen LogP contribution in [0.15, 0.2) is 45.9 Å². The quantitative estimate of drug-likeness (QED) is 0.702. The topological polar surface area (TPSA) is 132 Å². The van der Waals surface area contributed by atoms with Gasteiger partial charge in [-0.15, -0.1) is 0 Å².